The summed E-state index contributed by atoms with van der Waals surface area (Å²) in [5.74, 6) is -0.814. The number of aliphatic hydroxyl groups is 1. The molecule has 0 spiro atoms. The van der Waals surface area contributed by atoms with Gasteiger partial charge in [0.1, 0.15) is 6.04 Å². The molecule has 3 atom stereocenters. The van der Waals surface area contributed by atoms with Crippen molar-refractivity contribution in [3.8, 4) is 0 Å². The fourth-order valence-corrected chi connectivity index (χ4v) is 2.32. The minimum atomic E-state index is -1.14. The number of carbonyl (C=O) groups is 2. The van der Waals surface area contributed by atoms with Gasteiger partial charge in [-0.2, -0.15) is 0 Å². The Morgan fingerprint density at radius 1 is 1.47 bits per heavy atom. The van der Waals surface area contributed by atoms with Gasteiger partial charge in [0.25, 0.3) is 0 Å². The molecule has 1 rings (SSSR count). The molecule has 0 aromatic heterocycles. The summed E-state index contributed by atoms with van der Waals surface area (Å²) in [6, 6.07) is -1.48. The van der Waals surface area contributed by atoms with Crippen LogP contribution in [0.15, 0.2) is 0 Å². The Kier molecular flexibility index (Phi) is 6.04. The van der Waals surface area contributed by atoms with Gasteiger partial charge in [-0.3, -0.25) is 0 Å². The standard InChI is InChI=1S/C12H23N3O4/c1-8-7-15(2)5-3-9(8)13-12(19)14-10(4-6-16)11(17)18/h8-10,16H,3-7H2,1-2H3,(H,17,18)(H2,13,14,19)/t8?,9?,10-/m0/s1. The van der Waals surface area contributed by atoms with Gasteiger partial charge in [0.05, 0.1) is 0 Å². The highest BCUT2D eigenvalue weighted by atomic mass is 16.4. The van der Waals surface area contributed by atoms with E-state index in [2.05, 4.69) is 22.5 Å². The van der Waals surface area contributed by atoms with Gasteiger partial charge in [-0.1, -0.05) is 6.92 Å². The van der Waals surface area contributed by atoms with E-state index in [1.807, 2.05) is 7.05 Å². The van der Waals surface area contributed by atoms with E-state index in [1.165, 1.54) is 0 Å². The Morgan fingerprint density at radius 3 is 2.68 bits per heavy atom. The maximum absolute atomic E-state index is 11.7. The van der Waals surface area contributed by atoms with Crippen molar-refractivity contribution in [3.05, 3.63) is 0 Å². The molecule has 0 aromatic rings. The normalized spacial score (nSPS) is 25.6. The van der Waals surface area contributed by atoms with Crippen LogP contribution >= 0.6 is 0 Å². The van der Waals surface area contributed by atoms with Crippen LogP contribution in [0.3, 0.4) is 0 Å². The number of likely N-dealkylation sites (tertiary alicyclic amines) is 1. The van der Waals surface area contributed by atoms with Crippen LogP contribution in [0.2, 0.25) is 0 Å². The van der Waals surface area contributed by atoms with Gasteiger partial charge < -0.3 is 25.7 Å². The molecule has 1 saturated heterocycles. The number of piperidine rings is 1. The van der Waals surface area contributed by atoms with Crippen molar-refractivity contribution < 1.29 is 19.8 Å². The zero-order valence-electron chi connectivity index (χ0n) is 11.4. The van der Waals surface area contributed by atoms with Crippen LogP contribution in [0.1, 0.15) is 19.8 Å². The van der Waals surface area contributed by atoms with Crippen LogP contribution in [0.5, 0.6) is 0 Å². The molecule has 1 fully saturated rings. The first-order valence-electron chi connectivity index (χ1n) is 6.53. The molecule has 0 radical (unpaired) electrons. The summed E-state index contributed by atoms with van der Waals surface area (Å²) in [5.41, 5.74) is 0. The molecule has 0 bridgehead atoms. The number of carbonyl (C=O) groups excluding carboxylic acids is 1. The number of carboxylic acid groups (broad SMARTS) is 1. The summed E-state index contributed by atoms with van der Waals surface area (Å²) in [6.45, 7) is 3.60. The van der Waals surface area contributed by atoms with Crippen molar-refractivity contribution in [2.75, 3.05) is 26.7 Å². The zero-order chi connectivity index (χ0) is 14.4. The summed E-state index contributed by atoms with van der Waals surface area (Å²) in [6.07, 6.45) is 0.856. The summed E-state index contributed by atoms with van der Waals surface area (Å²) in [7, 11) is 2.04. The number of aliphatic carboxylic acids is 1. The topological polar surface area (TPSA) is 102 Å². The van der Waals surface area contributed by atoms with Crippen LogP contribution < -0.4 is 10.6 Å². The highest BCUT2D eigenvalue weighted by molar-refractivity contribution is 5.82. The highest BCUT2D eigenvalue weighted by Crippen LogP contribution is 2.15. The maximum Gasteiger partial charge on any atom is 0.326 e. The Labute approximate surface area is 113 Å². The average molecular weight is 273 g/mol. The fraction of sp³-hybridized carbons (Fsp3) is 0.833. The predicted molar refractivity (Wildman–Crippen MR) is 69.9 cm³/mol. The zero-order valence-corrected chi connectivity index (χ0v) is 11.4. The molecule has 1 heterocycles. The minimum Gasteiger partial charge on any atom is -0.480 e. The van der Waals surface area contributed by atoms with Crippen LogP contribution in [-0.2, 0) is 4.79 Å². The third-order valence-corrected chi connectivity index (χ3v) is 3.45. The maximum atomic E-state index is 11.7. The smallest absolute Gasteiger partial charge is 0.326 e. The molecule has 2 unspecified atom stereocenters. The van der Waals surface area contributed by atoms with E-state index in [9.17, 15) is 9.59 Å². The number of carboxylic acids is 1. The van der Waals surface area contributed by atoms with Crippen LogP contribution in [0, 0.1) is 5.92 Å². The predicted octanol–water partition coefficient (Wildman–Crippen LogP) is -0.539. The molecule has 7 nitrogen and oxygen atoms in total. The van der Waals surface area contributed by atoms with Gasteiger partial charge >= 0.3 is 12.0 Å². The number of rotatable bonds is 5. The lowest BCUT2D eigenvalue weighted by molar-refractivity contribution is -0.139. The van der Waals surface area contributed by atoms with E-state index in [0.29, 0.717) is 5.92 Å². The van der Waals surface area contributed by atoms with Crippen molar-refractivity contribution in [3.63, 3.8) is 0 Å². The molecular formula is C12H23N3O4. The Morgan fingerprint density at radius 2 is 2.16 bits per heavy atom. The molecular weight excluding hydrogens is 250 g/mol. The van der Waals surface area contributed by atoms with E-state index in [-0.39, 0.29) is 19.1 Å². The second-order valence-corrected chi connectivity index (χ2v) is 5.16. The van der Waals surface area contributed by atoms with Crippen molar-refractivity contribution in [2.45, 2.75) is 31.8 Å². The number of nitrogens with one attached hydrogen (secondary N) is 2. The second kappa shape index (κ2) is 7.30. The van der Waals surface area contributed by atoms with Gasteiger partial charge in [-0.05, 0) is 25.9 Å². The van der Waals surface area contributed by atoms with Crippen molar-refractivity contribution in [1.29, 1.82) is 0 Å². The number of aliphatic hydroxyl groups excluding tert-OH is 1. The largest absolute Gasteiger partial charge is 0.480 e. The van der Waals surface area contributed by atoms with E-state index >= 15 is 0 Å². The number of hydrogen-bond donors (Lipinski definition) is 4. The first-order chi connectivity index (χ1) is 8.93. The first-order valence-corrected chi connectivity index (χ1v) is 6.53. The minimum absolute atomic E-state index is 0.00567. The molecule has 110 valence electrons. The van der Waals surface area contributed by atoms with Crippen LogP contribution in [0.25, 0.3) is 0 Å². The molecule has 1 aliphatic heterocycles. The molecule has 2 amide bonds. The molecule has 7 heteroatoms. The Balaban J connectivity index is 2.43. The van der Waals surface area contributed by atoms with Gasteiger partial charge in [-0.15, -0.1) is 0 Å². The average Bonchev–Trinajstić information content (AvgIpc) is 2.32. The molecule has 4 N–H and O–H groups in total. The monoisotopic (exact) mass is 273 g/mol. The lowest BCUT2D eigenvalue weighted by atomic mass is 9.94. The summed E-state index contributed by atoms with van der Waals surface area (Å²) in [5, 5.41) is 22.8. The SMILES string of the molecule is CC1CN(C)CCC1NC(=O)N[C@@H](CCO)C(=O)O. The molecule has 19 heavy (non-hydrogen) atoms. The lowest BCUT2D eigenvalue weighted by Gasteiger charge is -2.35. The van der Waals surface area contributed by atoms with Crippen molar-refractivity contribution in [2.24, 2.45) is 5.92 Å². The number of nitrogens with zero attached hydrogens (tertiary/aromatic N) is 1. The third kappa shape index (κ3) is 5.04. The lowest BCUT2D eigenvalue weighted by Crippen LogP contribution is -2.54. The highest BCUT2D eigenvalue weighted by Gasteiger charge is 2.27. The van der Waals surface area contributed by atoms with Crippen LogP contribution in [-0.4, -0.2) is 65.9 Å². The quantitative estimate of drug-likeness (QED) is 0.539. The van der Waals surface area contributed by atoms with Gasteiger partial charge in [0.2, 0.25) is 0 Å². The Bertz CT molecular complexity index is 324. The van der Waals surface area contributed by atoms with E-state index < -0.39 is 18.0 Å². The first kappa shape index (κ1) is 15.7. The fourth-order valence-electron chi connectivity index (χ4n) is 2.32. The van der Waals surface area contributed by atoms with Crippen molar-refractivity contribution >= 4 is 12.0 Å². The van der Waals surface area contributed by atoms with Crippen LogP contribution in [0.4, 0.5) is 4.79 Å². The number of hydrogen-bond acceptors (Lipinski definition) is 4. The molecule has 1 aliphatic rings. The summed E-state index contributed by atoms with van der Waals surface area (Å²) < 4.78 is 0. The summed E-state index contributed by atoms with van der Waals surface area (Å²) >= 11 is 0. The molecule has 0 aromatic carbocycles. The van der Waals surface area contributed by atoms with Gasteiger partial charge in [0, 0.05) is 25.6 Å². The second-order valence-electron chi connectivity index (χ2n) is 5.16. The third-order valence-electron chi connectivity index (χ3n) is 3.45. The molecule has 0 aliphatic carbocycles. The van der Waals surface area contributed by atoms with E-state index in [4.69, 9.17) is 10.2 Å². The molecule has 0 saturated carbocycles. The van der Waals surface area contributed by atoms with Crippen molar-refractivity contribution in [1.82, 2.24) is 15.5 Å². The van der Waals surface area contributed by atoms with E-state index in [0.717, 1.165) is 19.5 Å². The number of urea groups is 1. The number of amides is 2. The van der Waals surface area contributed by atoms with E-state index in [1.54, 1.807) is 0 Å². The Hall–Kier alpha value is -1.34. The summed E-state index contributed by atoms with van der Waals surface area (Å²) in [4.78, 5) is 24.8. The van der Waals surface area contributed by atoms with Gasteiger partial charge in [0.15, 0.2) is 0 Å². The van der Waals surface area contributed by atoms with Gasteiger partial charge in [-0.25, -0.2) is 9.59 Å².